The van der Waals surface area contributed by atoms with Gasteiger partial charge >= 0.3 is 12.1 Å². The molecule has 1 aromatic heterocycles. The first-order chi connectivity index (χ1) is 17.0. The van der Waals surface area contributed by atoms with Crippen molar-refractivity contribution >= 4 is 28.1 Å². The van der Waals surface area contributed by atoms with Crippen LogP contribution >= 0.6 is 0 Å². The standard InChI is InChI=1S/C26H25F3N2O4S/c1-3-35-25(32)23(31(2)36(33,34)24-13-6-7-16-30-24)18-21-11-5-4-10-20(21)15-14-19-9-8-12-22(17-19)26(27,28)29/h4-17,23H,3,18H2,1-2H3/b15-14+/t23-/m0/s1. The maximum Gasteiger partial charge on any atom is 0.416 e. The van der Waals surface area contributed by atoms with E-state index in [1.807, 2.05) is 0 Å². The minimum atomic E-state index is -4.46. The monoisotopic (exact) mass is 518 g/mol. The van der Waals surface area contributed by atoms with E-state index in [1.165, 1.54) is 37.5 Å². The van der Waals surface area contributed by atoms with Crippen LogP contribution in [0.1, 0.15) is 29.2 Å². The van der Waals surface area contributed by atoms with Crippen LogP contribution in [0.4, 0.5) is 13.2 Å². The van der Waals surface area contributed by atoms with E-state index in [0.717, 1.165) is 16.4 Å². The molecule has 0 aliphatic carbocycles. The van der Waals surface area contributed by atoms with Crippen LogP contribution < -0.4 is 0 Å². The Bertz CT molecular complexity index is 1330. The Morgan fingerprint density at radius 1 is 1.06 bits per heavy atom. The third-order valence-corrected chi connectivity index (χ3v) is 7.20. The number of hydrogen-bond acceptors (Lipinski definition) is 5. The summed E-state index contributed by atoms with van der Waals surface area (Å²) in [6.07, 6.45) is 0.0128. The molecule has 0 saturated carbocycles. The molecule has 0 amide bonds. The molecule has 1 atom stereocenters. The highest BCUT2D eigenvalue weighted by molar-refractivity contribution is 7.89. The number of hydrogen-bond donors (Lipinski definition) is 0. The molecule has 6 nitrogen and oxygen atoms in total. The van der Waals surface area contributed by atoms with Crippen molar-refractivity contribution in [2.24, 2.45) is 0 Å². The van der Waals surface area contributed by atoms with Crippen LogP contribution in [0.2, 0.25) is 0 Å². The second-order valence-corrected chi connectivity index (χ2v) is 9.76. The van der Waals surface area contributed by atoms with E-state index in [9.17, 15) is 26.4 Å². The first kappa shape index (κ1) is 27.1. The molecule has 10 heteroatoms. The molecule has 0 radical (unpaired) electrons. The predicted octanol–water partition coefficient (Wildman–Crippen LogP) is 5.07. The minimum Gasteiger partial charge on any atom is -0.465 e. The van der Waals surface area contributed by atoms with Crippen LogP contribution in [0.15, 0.2) is 78.0 Å². The highest BCUT2D eigenvalue weighted by Crippen LogP contribution is 2.30. The lowest BCUT2D eigenvalue weighted by Crippen LogP contribution is -2.45. The lowest BCUT2D eigenvalue weighted by molar-refractivity contribution is -0.147. The number of aromatic nitrogens is 1. The second-order valence-electron chi connectivity index (χ2n) is 7.82. The Morgan fingerprint density at radius 2 is 1.78 bits per heavy atom. The van der Waals surface area contributed by atoms with Gasteiger partial charge in [0.15, 0.2) is 5.03 Å². The van der Waals surface area contributed by atoms with Gasteiger partial charge in [0, 0.05) is 19.7 Å². The van der Waals surface area contributed by atoms with E-state index in [4.69, 9.17) is 4.74 Å². The van der Waals surface area contributed by atoms with Crippen molar-refractivity contribution in [3.05, 3.63) is 95.2 Å². The minimum absolute atomic E-state index is 0.0233. The van der Waals surface area contributed by atoms with Crippen LogP contribution in [0.5, 0.6) is 0 Å². The number of likely N-dealkylation sites (N-methyl/N-ethyl adjacent to an activating group) is 1. The van der Waals surface area contributed by atoms with Gasteiger partial charge in [0.2, 0.25) is 0 Å². The Balaban J connectivity index is 1.94. The molecule has 2 aromatic carbocycles. The largest absolute Gasteiger partial charge is 0.465 e. The highest BCUT2D eigenvalue weighted by atomic mass is 32.2. The number of carbonyl (C=O) groups is 1. The Morgan fingerprint density at radius 3 is 2.44 bits per heavy atom. The number of sulfonamides is 1. The average molecular weight is 519 g/mol. The lowest BCUT2D eigenvalue weighted by atomic mass is 9.99. The average Bonchev–Trinajstić information content (AvgIpc) is 2.86. The van der Waals surface area contributed by atoms with Gasteiger partial charge in [-0.3, -0.25) is 4.79 Å². The van der Waals surface area contributed by atoms with E-state index in [-0.39, 0.29) is 18.1 Å². The van der Waals surface area contributed by atoms with Crippen LogP contribution in [0.25, 0.3) is 12.2 Å². The molecular weight excluding hydrogens is 493 g/mol. The first-order valence-electron chi connectivity index (χ1n) is 11.0. The summed E-state index contributed by atoms with van der Waals surface area (Å²) in [4.78, 5) is 16.7. The third-order valence-electron chi connectivity index (χ3n) is 5.42. The van der Waals surface area contributed by atoms with Crippen molar-refractivity contribution in [1.29, 1.82) is 0 Å². The Kier molecular flexibility index (Phi) is 8.65. The van der Waals surface area contributed by atoms with Gasteiger partial charge in [-0.05, 0) is 47.9 Å². The molecule has 0 bridgehead atoms. The fraction of sp³-hybridized carbons (Fsp3) is 0.231. The molecule has 0 aliphatic rings. The molecule has 190 valence electrons. The van der Waals surface area contributed by atoms with E-state index in [2.05, 4.69) is 4.98 Å². The molecule has 3 aromatic rings. The molecule has 36 heavy (non-hydrogen) atoms. The number of rotatable bonds is 9. The summed E-state index contributed by atoms with van der Waals surface area (Å²) in [7, 11) is -2.83. The summed E-state index contributed by atoms with van der Waals surface area (Å²) in [6, 6.07) is 15.1. The van der Waals surface area contributed by atoms with Crippen molar-refractivity contribution < 1.29 is 31.1 Å². The molecular formula is C26H25F3N2O4S. The van der Waals surface area contributed by atoms with E-state index >= 15 is 0 Å². The molecule has 0 unspecified atom stereocenters. The van der Waals surface area contributed by atoms with Crippen molar-refractivity contribution in [3.8, 4) is 0 Å². The molecule has 0 aliphatic heterocycles. The topological polar surface area (TPSA) is 76.6 Å². The number of carbonyl (C=O) groups excluding carboxylic acids is 1. The molecule has 1 heterocycles. The van der Waals surface area contributed by atoms with Gasteiger partial charge in [0.05, 0.1) is 12.2 Å². The summed E-state index contributed by atoms with van der Waals surface area (Å²) >= 11 is 0. The van der Waals surface area contributed by atoms with Gasteiger partial charge in [-0.1, -0.05) is 54.6 Å². The van der Waals surface area contributed by atoms with E-state index in [0.29, 0.717) is 16.7 Å². The smallest absolute Gasteiger partial charge is 0.416 e. The number of nitrogens with zero attached hydrogens (tertiary/aromatic N) is 2. The summed E-state index contributed by atoms with van der Waals surface area (Å²) < 4.78 is 71.5. The number of halogens is 3. The summed E-state index contributed by atoms with van der Waals surface area (Å²) in [5.41, 5.74) is 0.813. The Labute approximate surface area is 208 Å². The van der Waals surface area contributed by atoms with Gasteiger partial charge in [0.1, 0.15) is 6.04 Å². The van der Waals surface area contributed by atoms with Crippen molar-refractivity contribution in [2.75, 3.05) is 13.7 Å². The number of pyridine rings is 1. The second kappa shape index (κ2) is 11.5. The van der Waals surface area contributed by atoms with Crippen molar-refractivity contribution in [2.45, 2.75) is 30.6 Å². The van der Waals surface area contributed by atoms with Crippen molar-refractivity contribution in [1.82, 2.24) is 9.29 Å². The summed E-state index contributed by atoms with van der Waals surface area (Å²) in [5, 5.41) is -0.209. The fourth-order valence-corrected chi connectivity index (χ4v) is 4.74. The van der Waals surface area contributed by atoms with Gasteiger partial charge < -0.3 is 4.74 Å². The van der Waals surface area contributed by atoms with Crippen molar-refractivity contribution in [3.63, 3.8) is 0 Å². The summed E-state index contributed by atoms with van der Waals surface area (Å²) in [6.45, 7) is 1.68. The van der Waals surface area contributed by atoms with Gasteiger partial charge in [-0.2, -0.15) is 17.5 Å². The fourth-order valence-electron chi connectivity index (χ4n) is 3.51. The van der Waals surface area contributed by atoms with Gasteiger partial charge in [-0.25, -0.2) is 13.4 Å². The first-order valence-corrected chi connectivity index (χ1v) is 12.5. The zero-order valence-corrected chi connectivity index (χ0v) is 20.5. The zero-order chi connectivity index (χ0) is 26.3. The number of alkyl halides is 3. The zero-order valence-electron chi connectivity index (χ0n) is 19.6. The molecule has 0 spiro atoms. The van der Waals surface area contributed by atoms with Crippen LogP contribution in [0, 0.1) is 0 Å². The maximum atomic E-state index is 13.1. The van der Waals surface area contributed by atoms with Gasteiger partial charge in [-0.15, -0.1) is 0 Å². The SMILES string of the molecule is CCOC(=O)[C@H](Cc1ccccc1/C=C/c1cccc(C(F)(F)F)c1)N(C)S(=O)(=O)c1ccccn1. The summed E-state index contributed by atoms with van der Waals surface area (Å²) in [5.74, 6) is -0.726. The number of esters is 1. The number of ether oxygens (including phenoxy) is 1. The molecule has 0 N–H and O–H groups in total. The highest BCUT2D eigenvalue weighted by Gasteiger charge is 2.35. The lowest BCUT2D eigenvalue weighted by Gasteiger charge is -2.26. The van der Waals surface area contributed by atoms with Crippen LogP contribution in [-0.2, 0) is 32.2 Å². The van der Waals surface area contributed by atoms with E-state index in [1.54, 1.807) is 49.4 Å². The Hall–Kier alpha value is -3.50. The van der Waals surface area contributed by atoms with Crippen LogP contribution in [-0.4, -0.2) is 43.4 Å². The molecule has 0 fully saturated rings. The predicted molar refractivity (Wildman–Crippen MR) is 130 cm³/mol. The van der Waals surface area contributed by atoms with Gasteiger partial charge in [0.25, 0.3) is 10.0 Å². The maximum absolute atomic E-state index is 13.1. The normalized spacial score (nSPS) is 13.2. The molecule has 3 rings (SSSR count). The number of benzene rings is 2. The quantitative estimate of drug-likeness (QED) is 0.292. The van der Waals surface area contributed by atoms with Crippen LogP contribution in [0.3, 0.4) is 0 Å². The third kappa shape index (κ3) is 6.58. The van der Waals surface area contributed by atoms with E-state index < -0.39 is 33.8 Å². The molecule has 0 saturated heterocycles.